The number of pyridine rings is 1. The summed E-state index contributed by atoms with van der Waals surface area (Å²) in [4.78, 5) is 6.74. The van der Waals surface area contributed by atoms with Crippen molar-refractivity contribution in [2.24, 2.45) is 0 Å². The highest BCUT2D eigenvalue weighted by molar-refractivity contribution is 6.28. The lowest BCUT2D eigenvalue weighted by Gasteiger charge is -2.26. The van der Waals surface area contributed by atoms with E-state index in [1.807, 2.05) is 18.5 Å². The highest BCUT2D eigenvalue weighted by Crippen LogP contribution is 2.58. The fraction of sp³-hybridized carbons (Fsp3) is 0.0200. The van der Waals surface area contributed by atoms with Crippen LogP contribution < -0.4 is 4.90 Å². The van der Waals surface area contributed by atoms with E-state index in [2.05, 4.69) is 187 Å². The lowest BCUT2D eigenvalue weighted by Crippen LogP contribution is -2.11. The average molecular weight is 663 g/mol. The van der Waals surface area contributed by atoms with Crippen molar-refractivity contribution in [2.75, 3.05) is 4.90 Å². The smallest absolute Gasteiger partial charge is 0.0645 e. The van der Waals surface area contributed by atoms with Crippen molar-refractivity contribution in [3.05, 3.63) is 194 Å². The Morgan fingerprint density at radius 1 is 0.385 bits per heavy atom. The van der Waals surface area contributed by atoms with Gasteiger partial charge in [0.2, 0.25) is 0 Å². The minimum Gasteiger partial charge on any atom is -0.309 e. The van der Waals surface area contributed by atoms with Crippen LogP contribution in [0.5, 0.6) is 0 Å². The van der Waals surface area contributed by atoms with Crippen LogP contribution in [0.3, 0.4) is 0 Å². The van der Waals surface area contributed by atoms with E-state index < -0.39 is 0 Å². The number of rotatable bonds is 6. The van der Waals surface area contributed by atoms with Gasteiger partial charge in [0.15, 0.2) is 0 Å². The van der Waals surface area contributed by atoms with Crippen LogP contribution in [0, 0.1) is 6.92 Å². The summed E-state index contributed by atoms with van der Waals surface area (Å²) in [6.07, 6.45) is 3.75. The number of benzene rings is 8. The third-order valence-electron chi connectivity index (χ3n) is 10.6. The number of nitrogens with zero attached hydrogens (tertiary/aromatic N) is 2. The molecular weight excluding hydrogens is 629 g/mol. The van der Waals surface area contributed by atoms with Crippen LogP contribution in [0.2, 0.25) is 0 Å². The van der Waals surface area contributed by atoms with Gasteiger partial charge in [-0.1, -0.05) is 146 Å². The molecule has 1 aliphatic rings. The van der Waals surface area contributed by atoms with Crippen LogP contribution >= 0.6 is 0 Å². The fourth-order valence-electron chi connectivity index (χ4n) is 8.38. The Labute approximate surface area is 303 Å². The first kappa shape index (κ1) is 30.1. The van der Waals surface area contributed by atoms with Gasteiger partial charge in [-0.05, 0) is 120 Å². The van der Waals surface area contributed by atoms with Crippen LogP contribution in [0.1, 0.15) is 5.56 Å². The quantitative estimate of drug-likeness (QED) is 0.176. The molecule has 0 saturated heterocycles. The summed E-state index contributed by atoms with van der Waals surface area (Å²) >= 11 is 0. The van der Waals surface area contributed by atoms with E-state index in [1.165, 1.54) is 82.7 Å². The van der Waals surface area contributed by atoms with E-state index >= 15 is 0 Å². The number of hydrogen-bond acceptors (Lipinski definition) is 2. The molecule has 9 aromatic rings. The molecule has 0 N–H and O–H groups in total. The van der Waals surface area contributed by atoms with Crippen LogP contribution in [-0.2, 0) is 0 Å². The molecule has 2 heteroatoms. The van der Waals surface area contributed by atoms with Crippen LogP contribution in [0.25, 0.3) is 77.2 Å². The first-order valence-electron chi connectivity index (χ1n) is 17.9. The minimum atomic E-state index is 1.03. The van der Waals surface area contributed by atoms with Gasteiger partial charge < -0.3 is 4.90 Å². The zero-order valence-electron chi connectivity index (χ0n) is 28.8. The van der Waals surface area contributed by atoms with Gasteiger partial charge >= 0.3 is 0 Å². The molecule has 0 aliphatic heterocycles. The number of hydrogen-bond donors (Lipinski definition) is 0. The van der Waals surface area contributed by atoms with E-state index in [-0.39, 0.29) is 0 Å². The van der Waals surface area contributed by atoms with Crippen molar-refractivity contribution in [1.82, 2.24) is 4.98 Å². The Morgan fingerprint density at radius 2 is 0.962 bits per heavy atom. The maximum Gasteiger partial charge on any atom is 0.0645 e. The van der Waals surface area contributed by atoms with Gasteiger partial charge in [0.25, 0.3) is 0 Å². The Bertz CT molecular complexity index is 2680. The molecule has 0 fully saturated rings. The lowest BCUT2D eigenvalue weighted by atomic mass is 9.82. The standard InChI is InChI=1S/C50H34N2/c1-33-14-8-11-24-45(33)52(38-19-13-31-51-32-38)37-27-25-34(26-28-37)39-29-30-44-48-40(39)22-12-23-43(48)49-46(35-15-4-2-5-16-35)41-20-9-10-21-42(41)47(50(44)49)36-17-6-3-7-18-36/h2-32H,1H3. The van der Waals surface area contributed by atoms with Crippen LogP contribution in [0.15, 0.2) is 188 Å². The van der Waals surface area contributed by atoms with E-state index in [0.717, 1.165) is 17.1 Å². The SMILES string of the molecule is Cc1ccccc1N(c1ccc(-c2ccc3c4c(cccc24)-c2c-3c(-c3ccccc3)c3ccccc3c2-c2ccccc2)cc1)c1cccnc1. The third-order valence-corrected chi connectivity index (χ3v) is 10.6. The van der Waals surface area contributed by atoms with Crippen molar-refractivity contribution in [3.63, 3.8) is 0 Å². The normalized spacial score (nSPS) is 11.6. The second kappa shape index (κ2) is 12.2. The second-order valence-corrected chi connectivity index (χ2v) is 13.5. The summed E-state index contributed by atoms with van der Waals surface area (Å²) in [6.45, 7) is 2.16. The zero-order chi connectivity index (χ0) is 34.6. The van der Waals surface area contributed by atoms with Gasteiger partial charge in [0, 0.05) is 17.6 Å². The number of aryl methyl sites for hydroxylation is 1. The van der Waals surface area contributed by atoms with E-state index in [0.29, 0.717) is 0 Å². The number of fused-ring (bicyclic) bond motifs is 4. The van der Waals surface area contributed by atoms with Crippen molar-refractivity contribution in [2.45, 2.75) is 6.92 Å². The second-order valence-electron chi connectivity index (χ2n) is 13.5. The monoisotopic (exact) mass is 662 g/mol. The van der Waals surface area contributed by atoms with Gasteiger partial charge in [-0.15, -0.1) is 0 Å². The Kier molecular flexibility index (Phi) is 7.07. The zero-order valence-corrected chi connectivity index (χ0v) is 28.8. The Hall–Kier alpha value is -6.77. The molecule has 0 unspecified atom stereocenters. The number of aromatic nitrogens is 1. The molecule has 0 saturated carbocycles. The molecule has 8 aromatic carbocycles. The molecule has 0 atom stereocenters. The van der Waals surface area contributed by atoms with E-state index in [9.17, 15) is 0 Å². The summed E-state index contributed by atoms with van der Waals surface area (Å²) in [5.41, 5.74) is 17.2. The molecule has 1 aliphatic carbocycles. The summed E-state index contributed by atoms with van der Waals surface area (Å²) in [7, 11) is 0. The van der Waals surface area contributed by atoms with Crippen molar-refractivity contribution >= 4 is 38.6 Å². The molecule has 0 spiro atoms. The predicted molar refractivity (Wildman–Crippen MR) is 219 cm³/mol. The molecule has 52 heavy (non-hydrogen) atoms. The van der Waals surface area contributed by atoms with Gasteiger partial charge in [-0.25, -0.2) is 0 Å². The Morgan fingerprint density at radius 3 is 1.60 bits per heavy atom. The van der Waals surface area contributed by atoms with Gasteiger partial charge in [-0.3, -0.25) is 4.98 Å². The van der Waals surface area contributed by atoms with E-state index in [1.54, 1.807) is 0 Å². The largest absolute Gasteiger partial charge is 0.309 e. The molecule has 0 bridgehead atoms. The lowest BCUT2D eigenvalue weighted by molar-refractivity contribution is 1.21. The molecule has 0 amide bonds. The average Bonchev–Trinajstić information content (AvgIpc) is 3.54. The minimum absolute atomic E-state index is 1.03. The number of anilines is 3. The van der Waals surface area contributed by atoms with Crippen molar-refractivity contribution in [1.29, 1.82) is 0 Å². The predicted octanol–water partition coefficient (Wildman–Crippen LogP) is 13.8. The Balaban J connectivity index is 1.19. The third kappa shape index (κ3) is 4.69. The molecule has 244 valence electrons. The van der Waals surface area contributed by atoms with Gasteiger partial charge in [0.1, 0.15) is 0 Å². The van der Waals surface area contributed by atoms with Crippen LogP contribution in [0.4, 0.5) is 17.1 Å². The summed E-state index contributed by atoms with van der Waals surface area (Å²) in [6, 6.07) is 64.0. The van der Waals surface area contributed by atoms with E-state index in [4.69, 9.17) is 0 Å². The highest BCUT2D eigenvalue weighted by atomic mass is 15.1. The molecule has 0 radical (unpaired) electrons. The fourth-order valence-corrected chi connectivity index (χ4v) is 8.38. The maximum absolute atomic E-state index is 4.45. The highest BCUT2D eigenvalue weighted by Gasteiger charge is 2.31. The molecule has 10 rings (SSSR count). The first-order chi connectivity index (χ1) is 25.8. The summed E-state index contributed by atoms with van der Waals surface area (Å²) in [5.74, 6) is 0. The van der Waals surface area contributed by atoms with Crippen molar-refractivity contribution in [3.8, 4) is 55.6 Å². The number of para-hydroxylation sites is 1. The molecule has 1 aromatic heterocycles. The molecular formula is C50H34N2. The topological polar surface area (TPSA) is 16.1 Å². The van der Waals surface area contributed by atoms with Crippen molar-refractivity contribution < 1.29 is 0 Å². The van der Waals surface area contributed by atoms with Gasteiger partial charge in [-0.2, -0.15) is 0 Å². The molecule has 2 nitrogen and oxygen atoms in total. The van der Waals surface area contributed by atoms with Gasteiger partial charge in [0.05, 0.1) is 11.9 Å². The summed E-state index contributed by atoms with van der Waals surface area (Å²) < 4.78 is 0. The maximum atomic E-state index is 4.45. The molecule has 1 heterocycles. The van der Waals surface area contributed by atoms with Crippen LogP contribution in [-0.4, -0.2) is 4.98 Å². The summed E-state index contributed by atoms with van der Waals surface area (Å²) in [5, 5.41) is 5.14. The first-order valence-corrected chi connectivity index (χ1v) is 17.9.